The van der Waals surface area contributed by atoms with Crippen LogP contribution in [-0.2, 0) is 10.0 Å². The first-order chi connectivity index (χ1) is 11.9. The molecule has 1 rings (SSSR count). The minimum absolute atomic E-state index is 0. The van der Waals surface area contributed by atoms with Crippen LogP contribution in [0.4, 0.5) is 4.39 Å². The molecule has 0 saturated heterocycles. The van der Waals surface area contributed by atoms with Crippen molar-refractivity contribution in [3.8, 4) is 5.75 Å². The van der Waals surface area contributed by atoms with Crippen LogP contribution in [0.1, 0.15) is 20.3 Å². The molecule has 0 radical (unpaired) electrons. The zero-order valence-electron chi connectivity index (χ0n) is 15.3. The molecule has 0 heterocycles. The fourth-order valence-corrected chi connectivity index (χ4v) is 2.56. The van der Waals surface area contributed by atoms with Crippen LogP contribution in [0.3, 0.4) is 0 Å². The monoisotopic (exact) mass is 502 g/mol. The third kappa shape index (κ3) is 10.8. The van der Waals surface area contributed by atoms with E-state index in [0.29, 0.717) is 37.8 Å². The van der Waals surface area contributed by atoms with E-state index in [2.05, 4.69) is 20.3 Å². The third-order valence-electron chi connectivity index (χ3n) is 3.26. The molecule has 0 aliphatic heterocycles. The number of ether oxygens (including phenoxy) is 1. The van der Waals surface area contributed by atoms with Crippen molar-refractivity contribution in [2.45, 2.75) is 26.4 Å². The first-order valence-electron chi connectivity index (χ1n) is 8.20. The number of guanidine groups is 1. The summed E-state index contributed by atoms with van der Waals surface area (Å²) in [6.45, 7) is 4.90. The Morgan fingerprint density at radius 1 is 1.31 bits per heavy atom. The van der Waals surface area contributed by atoms with Gasteiger partial charge in [-0.15, -0.1) is 24.0 Å². The molecule has 150 valence electrons. The van der Waals surface area contributed by atoms with Crippen molar-refractivity contribution in [2.75, 3.05) is 32.4 Å². The lowest BCUT2D eigenvalue weighted by atomic mass is 10.3. The molecule has 3 N–H and O–H groups in total. The zero-order valence-corrected chi connectivity index (χ0v) is 18.4. The molecule has 0 aliphatic rings. The highest BCUT2D eigenvalue weighted by molar-refractivity contribution is 14.0. The van der Waals surface area contributed by atoms with E-state index in [1.54, 1.807) is 26.1 Å². The van der Waals surface area contributed by atoms with Gasteiger partial charge >= 0.3 is 0 Å². The fourth-order valence-electron chi connectivity index (χ4n) is 1.90. The highest BCUT2D eigenvalue weighted by atomic mass is 127. The van der Waals surface area contributed by atoms with Gasteiger partial charge in [0.15, 0.2) is 5.96 Å². The summed E-state index contributed by atoms with van der Waals surface area (Å²) in [5.74, 6) is 0.801. The van der Waals surface area contributed by atoms with E-state index in [4.69, 9.17) is 4.74 Å². The van der Waals surface area contributed by atoms with Crippen molar-refractivity contribution in [1.29, 1.82) is 0 Å². The minimum Gasteiger partial charge on any atom is -0.489 e. The summed E-state index contributed by atoms with van der Waals surface area (Å²) in [4.78, 5) is 4.08. The summed E-state index contributed by atoms with van der Waals surface area (Å²) in [5.41, 5.74) is 0. The quantitative estimate of drug-likeness (QED) is 0.196. The van der Waals surface area contributed by atoms with Gasteiger partial charge in [0.25, 0.3) is 0 Å². The van der Waals surface area contributed by atoms with Crippen molar-refractivity contribution in [1.82, 2.24) is 15.4 Å². The van der Waals surface area contributed by atoms with E-state index >= 15 is 0 Å². The van der Waals surface area contributed by atoms with Gasteiger partial charge in [-0.3, -0.25) is 4.99 Å². The molecule has 0 bridgehead atoms. The summed E-state index contributed by atoms with van der Waals surface area (Å²) in [6, 6.07) is 5.99. The summed E-state index contributed by atoms with van der Waals surface area (Å²) in [5, 5.41) is 6.19. The first kappa shape index (κ1) is 24.9. The molecule has 0 amide bonds. The highest BCUT2D eigenvalue weighted by Crippen LogP contribution is 2.13. The van der Waals surface area contributed by atoms with E-state index in [1.807, 2.05) is 6.92 Å². The van der Waals surface area contributed by atoms with Crippen molar-refractivity contribution >= 4 is 40.0 Å². The van der Waals surface area contributed by atoms with Crippen LogP contribution in [0.25, 0.3) is 0 Å². The molecule has 0 aromatic heterocycles. The summed E-state index contributed by atoms with van der Waals surface area (Å²) in [7, 11) is -1.50. The van der Waals surface area contributed by atoms with Crippen LogP contribution < -0.4 is 20.1 Å². The SMILES string of the molecule is CCS(=O)(=O)NCCCNC(=NC)NCC(C)Oc1cccc(F)c1.I. The Bertz CT molecular complexity index is 659. The number of hydrogen-bond acceptors (Lipinski definition) is 4. The largest absolute Gasteiger partial charge is 0.489 e. The number of benzene rings is 1. The third-order valence-corrected chi connectivity index (χ3v) is 4.67. The second-order valence-electron chi connectivity index (χ2n) is 5.42. The van der Waals surface area contributed by atoms with Crippen molar-refractivity contribution in [2.24, 2.45) is 4.99 Å². The second kappa shape index (κ2) is 13.1. The van der Waals surface area contributed by atoms with Crippen LogP contribution in [0.5, 0.6) is 5.75 Å². The second-order valence-corrected chi connectivity index (χ2v) is 7.51. The molecule has 1 aromatic carbocycles. The maximum Gasteiger partial charge on any atom is 0.211 e. The van der Waals surface area contributed by atoms with E-state index < -0.39 is 10.0 Å². The van der Waals surface area contributed by atoms with Gasteiger partial charge in [0.1, 0.15) is 17.7 Å². The maximum atomic E-state index is 13.1. The first-order valence-corrected chi connectivity index (χ1v) is 9.85. The Kier molecular flexibility index (Phi) is 12.5. The Morgan fingerprint density at radius 3 is 2.65 bits per heavy atom. The van der Waals surface area contributed by atoms with Gasteiger partial charge in [-0.1, -0.05) is 6.07 Å². The molecule has 1 atom stereocenters. The van der Waals surface area contributed by atoms with Gasteiger partial charge in [-0.2, -0.15) is 0 Å². The number of nitrogens with one attached hydrogen (secondary N) is 3. The molecule has 10 heteroatoms. The van der Waals surface area contributed by atoms with E-state index in [0.717, 1.165) is 0 Å². The molecular formula is C16H28FIN4O3S. The highest BCUT2D eigenvalue weighted by Gasteiger charge is 2.07. The molecular weight excluding hydrogens is 474 g/mol. The van der Waals surface area contributed by atoms with Crippen molar-refractivity contribution in [3.05, 3.63) is 30.1 Å². The molecule has 7 nitrogen and oxygen atoms in total. The normalized spacial score (nSPS) is 12.8. The van der Waals surface area contributed by atoms with E-state index in [-0.39, 0.29) is 41.7 Å². The smallest absolute Gasteiger partial charge is 0.211 e. The van der Waals surface area contributed by atoms with Crippen LogP contribution >= 0.6 is 24.0 Å². The van der Waals surface area contributed by atoms with Gasteiger partial charge in [0.2, 0.25) is 10.0 Å². The molecule has 0 aliphatic carbocycles. The van der Waals surface area contributed by atoms with Crippen LogP contribution in [0, 0.1) is 5.82 Å². The standard InChI is InChI=1S/C16H27FN4O3S.HI/c1-4-25(22,23)21-10-6-9-19-16(18-3)20-12-13(2)24-15-8-5-7-14(17)11-15;/h5,7-8,11,13,21H,4,6,9-10,12H2,1-3H3,(H2,18,19,20);1H. The van der Waals surface area contributed by atoms with Gasteiger partial charge in [0, 0.05) is 26.2 Å². The number of hydrogen-bond donors (Lipinski definition) is 3. The van der Waals surface area contributed by atoms with Gasteiger partial charge in [0.05, 0.1) is 12.3 Å². The number of rotatable bonds is 10. The number of nitrogens with zero attached hydrogens (tertiary/aromatic N) is 1. The van der Waals surface area contributed by atoms with E-state index in [9.17, 15) is 12.8 Å². The van der Waals surface area contributed by atoms with Crippen molar-refractivity contribution < 1.29 is 17.5 Å². The molecule has 0 fully saturated rings. The average Bonchev–Trinajstić information content (AvgIpc) is 2.57. The topological polar surface area (TPSA) is 91.8 Å². The molecule has 26 heavy (non-hydrogen) atoms. The predicted octanol–water partition coefficient (Wildman–Crippen LogP) is 1.71. The summed E-state index contributed by atoms with van der Waals surface area (Å²) in [6.07, 6.45) is 0.451. The fraction of sp³-hybridized carbons (Fsp3) is 0.562. The Balaban J connectivity index is 0.00000625. The molecule has 0 spiro atoms. The lowest BCUT2D eigenvalue weighted by molar-refractivity contribution is 0.223. The minimum atomic E-state index is -3.15. The Morgan fingerprint density at radius 2 is 2.04 bits per heavy atom. The maximum absolute atomic E-state index is 13.1. The number of aliphatic imine (C=N–C) groups is 1. The lowest BCUT2D eigenvalue weighted by Gasteiger charge is -2.17. The molecule has 1 unspecified atom stereocenters. The van der Waals surface area contributed by atoms with Gasteiger partial charge in [-0.05, 0) is 32.4 Å². The Hall–Kier alpha value is -1.14. The van der Waals surface area contributed by atoms with E-state index in [1.165, 1.54) is 12.1 Å². The van der Waals surface area contributed by atoms with Crippen LogP contribution in [0.15, 0.2) is 29.3 Å². The summed E-state index contributed by atoms with van der Waals surface area (Å²) < 4.78 is 43.8. The lowest BCUT2D eigenvalue weighted by Crippen LogP contribution is -2.42. The summed E-state index contributed by atoms with van der Waals surface area (Å²) >= 11 is 0. The molecule has 1 aromatic rings. The zero-order chi connectivity index (χ0) is 18.7. The number of sulfonamides is 1. The Labute approximate surface area is 172 Å². The average molecular weight is 502 g/mol. The number of halogens is 2. The van der Waals surface area contributed by atoms with Crippen LogP contribution in [-0.4, -0.2) is 52.9 Å². The predicted molar refractivity (Wildman–Crippen MR) is 113 cm³/mol. The molecule has 0 saturated carbocycles. The van der Waals surface area contributed by atoms with Gasteiger partial charge < -0.3 is 15.4 Å². The van der Waals surface area contributed by atoms with Gasteiger partial charge in [-0.25, -0.2) is 17.5 Å². The van der Waals surface area contributed by atoms with Crippen LogP contribution in [0.2, 0.25) is 0 Å². The van der Waals surface area contributed by atoms with Crippen molar-refractivity contribution in [3.63, 3.8) is 0 Å².